The Morgan fingerprint density at radius 1 is 1.50 bits per heavy atom. The number of amides is 1. The average molecular weight is 272 g/mol. The topological polar surface area (TPSA) is 94.0 Å². The van der Waals surface area contributed by atoms with Crippen LogP contribution in [0.1, 0.15) is 39.0 Å². The minimum atomic E-state index is -0.151. The zero-order valence-corrected chi connectivity index (χ0v) is 11.8. The number of nitrogens with one attached hydrogen (secondary N) is 1. The molecule has 1 atom stereocenters. The number of nitrogens with zero attached hydrogens (tertiary/aromatic N) is 2. The molecule has 0 aliphatic rings. The Labute approximate surface area is 111 Å². The van der Waals surface area contributed by atoms with Crippen LogP contribution in [-0.4, -0.2) is 33.7 Å². The molecule has 1 aromatic rings. The summed E-state index contributed by atoms with van der Waals surface area (Å²) in [4.78, 5) is 11.6. The molecule has 0 aliphatic carbocycles. The molecule has 0 radical (unpaired) electrons. The van der Waals surface area contributed by atoms with Gasteiger partial charge in [-0.2, -0.15) is 11.8 Å². The molecule has 1 heterocycles. The van der Waals surface area contributed by atoms with Crippen molar-refractivity contribution in [2.24, 2.45) is 5.73 Å². The van der Waals surface area contributed by atoms with E-state index in [9.17, 15) is 4.79 Å². The number of hydrogen-bond donors (Lipinski definition) is 2. The van der Waals surface area contributed by atoms with Crippen LogP contribution in [0.15, 0.2) is 4.42 Å². The van der Waals surface area contributed by atoms with Gasteiger partial charge in [0.1, 0.15) is 0 Å². The first-order valence-corrected chi connectivity index (χ1v) is 7.15. The Kier molecular flexibility index (Phi) is 6.14. The number of nitrogens with two attached hydrogens (primary N) is 1. The van der Waals surface area contributed by atoms with E-state index < -0.39 is 0 Å². The molecule has 0 bridgehead atoms. The quantitative estimate of drug-likeness (QED) is 0.783. The first-order chi connectivity index (χ1) is 8.52. The lowest BCUT2D eigenvalue weighted by Gasteiger charge is -2.06. The lowest BCUT2D eigenvalue weighted by Crippen LogP contribution is -2.23. The van der Waals surface area contributed by atoms with Crippen LogP contribution in [0.3, 0.4) is 0 Å². The fraction of sp³-hybridized carbons (Fsp3) is 0.727. The van der Waals surface area contributed by atoms with Gasteiger partial charge in [-0.1, -0.05) is 25.9 Å². The van der Waals surface area contributed by atoms with Crippen molar-refractivity contribution in [2.75, 3.05) is 16.8 Å². The normalized spacial score (nSPS) is 12.7. The van der Waals surface area contributed by atoms with Crippen molar-refractivity contribution in [3.63, 3.8) is 0 Å². The van der Waals surface area contributed by atoms with Crippen LogP contribution in [0, 0.1) is 0 Å². The van der Waals surface area contributed by atoms with Crippen molar-refractivity contribution in [2.45, 2.75) is 39.2 Å². The maximum atomic E-state index is 11.6. The van der Waals surface area contributed by atoms with Crippen molar-refractivity contribution in [3.8, 4) is 0 Å². The van der Waals surface area contributed by atoms with Gasteiger partial charge in [-0.05, 0) is 6.42 Å². The van der Waals surface area contributed by atoms with E-state index in [0.717, 1.165) is 12.2 Å². The Balaban J connectivity index is 2.31. The molecule has 3 N–H and O–H groups in total. The maximum Gasteiger partial charge on any atom is 0.322 e. The van der Waals surface area contributed by atoms with Gasteiger partial charge in [0.15, 0.2) is 0 Å². The molecule has 1 aromatic heterocycles. The summed E-state index contributed by atoms with van der Waals surface area (Å²) < 4.78 is 5.28. The third-order valence-corrected chi connectivity index (χ3v) is 3.40. The second kappa shape index (κ2) is 7.38. The molecule has 1 unspecified atom stereocenters. The summed E-state index contributed by atoms with van der Waals surface area (Å²) in [7, 11) is 0. The van der Waals surface area contributed by atoms with Gasteiger partial charge in [-0.3, -0.25) is 10.1 Å². The lowest BCUT2D eigenvalue weighted by molar-refractivity contribution is -0.113. The van der Waals surface area contributed by atoms with Crippen molar-refractivity contribution >= 4 is 23.7 Å². The predicted molar refractivity (Wildman–Crippen MR) is 72.6 cm³/mol. The molecule has 1 rings (SSSR count). The monoisotopic (exact) mass is 272 g/mol. The van der Waals surface area contributed by atoms with Gasteiger partial charge in [0.05, 0.1) is 5.75 Å². The minimum Gasteiger partial charge on any atom is -0.408 e. The average Bonchev–Trinajstić information content (AvgIpc) is 2.77. The molecule has 0 fully saturated rings. The van der Waals surface area contributed by atoms with Gasteiger partial charge in [0, 0.05) is 17.7 Å². The molecular weight excluding hydrogens is 252 g/mol. The van der Waals surface area contributed by atoms with Crippen molar-refractivity contribution in [3.05, 3.63) is 5.89 Å². The van der Waals surface area contributed by atoms with Gasteiger partial charge in [-0.25, -0.2) is 0 Å². The highest BCUT2D eigenvalue weighted by Crippen LogP contribution is 2.15. The van der Waals surface area contributed by atoms with E-state index >= 15 is 0 Å². The Morgan fingerprint density at radius 2 is 2.22 bits per heavy atom. The zero-order valence-electron chi connectivity index (χ0n) is 11.0. The van der Waals surface area contributed by atoms with Crippen molar-refractivity contribution in [1.82, 2.24) is 10.2 Å². The molecule has 102 valence electrons. The van der Waals surface area contributed by atoms with Gasteiger partial charge in [0.25, 0.3) is 0 Å². The largest absolute Gasteiger partial charge is 0.408 e. The van der Waals surface area contributed by atoms with Crippen LogP contribution in [0.2, 0.25) is 0 Å². The molecule has 0 aromatic carbocycles. The summed E-state index contributed by atoms with van der Waals surface area (Å²) in [6.45, 7) is 5.92. The molecular formula is C11H20N4O2S. The Bertz CT molecular complexity index is 381. The van der Waals surface area contributed by atoms with Crippen LogP contribution in [-0.2, 0) is 4.79 Å². The van der Waals surface area contributed by atoms with E-state index in [2.05, 4.69) is 15.5 Å². The molecule has 1 amide bonds. The SMILES string of the molecule is CCC(N)CSCC(=O)Nc1nnc(C(C)C)o1. The minimum absolute atomic E-state index is 0.138. The molecule has 0 spiro atoms. The summed E-state index contributed by atoms with van der Waals surface area (Å²) in [5.74, 6) is 1.63. The van der Waals surface area contributed by atoms with Crippen LogP contribution in [0.25, 0.3) is 0 Å². The number of hydrogen-bond acceptors (Lipinski definition) is 6. The molecule has 7 heteroatoms. The van der Waals surface area contributed by atoms with Gasteiger partial charge in [-0.15, -0.1) is 5.10 Å². The van der Waals surface area contributed by atoms with Crippen LogP contribution < -0.4 is 11.1 Å². The molecule has 0 aliphatic heterocycles. The van der Waals surface area contributed by atoms with E-state index in [1.807, 2.05) is 20.8 Å². The third-order valence-electron chi connectivity index (χ3n) is 2.27. The summed E-state index contributed by atoms with van der Waals surface area (Å²) in [6, 6.07) is 0.294. The van der Waals surface area contributed by atoms with Crippen LogP contribution in [0.4, 0.5) is 6.01 Å². The first-order valence-electron chi connectivity index (χ1n) is 5.99. The van der Waals surface area contributed by atoms with Gasteiger partial charge in [0.2, 0.25) is 11.8 Å². The van der Waals surface area contributed by atoms with Gasteiger partial charge >= 0.3 is 6.01 Å². The number of aromatic nitrogens is 2. The molecule has 6 nitrogen and oxygen atoms in total. The molecule has 18 heavy (non-hydrogen) atoms. The van der Waals surface area contributed by atoms with Crippen molar-refractivity contribution in [1.29, 1.82) is 0 Å². The van der Waals surface area contributed by atoms with Crippen LogP contribution >= 0.6 is 11.8 Å². The predicted octanol–water partition coefficient (Wildman–Crippen LogP) is 1.60. The zero-order chi connectivity index (χ0) is 13.5. The van der Waals surface area contributed by atoms with Gasteiger partial charge < -0.3 is 10.2 Å². The van der Waals surface area contributed by atoms with E-state index in [1.54, 1.807) is 0 Å². The number of anilines is 1. The third kappa shape index (κ3) is 5.05. The molecule has 0 saturated heterocycles. The highest BCUT2D eigenvalue weighted by atomic mass is 32.2. The van der Waals surface area contributed by atoms with E-state index in [4.69, 9.17) is 10.2 Å². The smallest absolute Gasteiger partial charge is 0.322 e. The summed E-state index contributed by atoms with van der Waals surface area (Å²) in [5.41, 5.74) is 5.75. The van der Waals surface area contributed by atoms with E-state index in [-0.39, 0.29) is 23.9 Å². The summed E-state index contributed by atoms with van der Waals surface area (Å²) >= 11 is 1.50. The Morgan fingerprint density at radius 3 is 2.78 bits per heavy atom. The maximum absolute atomic E-state index is 11.6. The second-order valence-electron chi connectivity index (χ2n) is 4.33. The Hall–Kier alpha value is -1.08. The summed E-state index contributed by atoms with van der Waals surface area (Å²) in [6.07, 6.45) is 0.913. The van der Waals surface area contributed by atoms with E-state index in [0.29, 0.717) is 11.6 Å². The highest BCUT2D eigenvalue weighted by Gasteiger charge is 2.12. The number of carbonyl (C=O) groups is 1. The van der Waals surface area contributed by atoms with Crippen molar-refractivity contribution < 1.29 is 9.21 Å². The lowest BCUT2D eigenvalue weighted by atomic mass is 10.2. The number of rotatable bonds is 7. The van der Waals surface area contributed by atoms with E-state index in [1.165, 1.54) is 11.8 Å². The fourth-order valence-corrected chi connectivity index (χ4v) is 2.01. The van der Waals surface area contributed by atoms with Crippen LogP contribution in [0.5, 0.6) is 0 Å². The number of carbonyl (C=O) groups excluding carboxylic acids is 1. The summed E-state index contributed by atoms with van der Waals surface area (Å²) in [5, 5.41) is 10.2. The molecule has 0 saturated carbocycles. The second-order valence-corrected chi connectivity index (χ2v) is 5.36. The first kappa shape index (κ1) is 15.0. The highest BCUT2D eigenvalue weighted by molar-refractivity contribution is 8.00. The standard InChI is InChI=1S/C11H20N4O2S/c1-4-8(12)5-18-6-9(16)13-11-15-14-10(17-11)7(2)3/h7-8H,4-6,12H2,1-3H3,(H,13,15,16). The fourth-order valence-electron chi connectivity index (χ4n) is 1.09. The number of thioether (sulfide) groups is 1.